The van der Waals surface area contributed by atoms with Gasteiger partial charge in [-0.3, -0.25) is 14.6 Å². The van der Waals surface area contributed by atoms with Crippen molar-refractivity contribution in [1.82, 2.24) is 9.88 Å². The molecule has 0 radical (unpaired) electrons. The highest BCUT2D eigenvalue weighted by molar-refractivity contribution is 6.46. The zero-order valence-electron chi connectivity index (χ0n) is 18.2. The third-order valence-corrected chi connectivity index (χ3v) is 5.70. The number of aliphatic hydroxyl groups is 1. The highest BCUT2D eigenvalue weighted by Crippen LogP contribution is 2.41. The lowest BCUT2D eigenvalue weighted by Gasteiger charge is -2.25. The first-order valence-electron chi connectivity index (χ1n) is 10.3. The smallest absolute Gasteiger partial charge is 0.295 e. The van der Waals surface area contributed by atoms with E-state index in [1.807, 2.05) is 44.2 Å². The minimum Gasteiger partial charge on any atom is -0.507 e. The van der Waals surface area contributed by atoms with Gasteiger partial charge < -0.3 is 14.7 Å². The topological polar surface area (TPSA) is 79.7 Å². The number of aliphatic hydroxyl groups excluding tert-OH is 1. The number of likely N-dealkylation sites (tertiary alicyclic amines) is 1. The molecular weight excluding hydrogens is 404 g/mol. The highest BCUT2D eigenvalue weighted by Gasteiger charge is 2.46. The quantitative estimate of drug-likeness (QED) is 0.372. The molecule has 0 spiro atoms. The molecule has 0 bridgehead atoms. The van der Waals surface area contributed by atoms with Gasteiger partial charge in [0.1, 0.15) is 11.5 Å². The zero-order chi connectivity index (χ0) is 22.8. The Labute approximate surface area is 186 Å². The third kappa shape index (κ3) is 3.87. The van der Waals surface area contributed by atoms with Crippen LogP contribution in [0.15, 0.2) is 72.6 Å². The van der Waals surface area contributed by atoms with E-state index in [9.17, 15) is 14.7 Å². The van der Waals surface area contributed by atoms with E-state index in [1.54, 1.807) is 43.8 Å². The molecule has 1 amide bonds. The molecular formula is C26H24N2O4. The number of aryl methyl sites for hydroxylation is 2. The van der Waals surface area contributed by atoms with Crippen LogP contribution in [0.3, 0.4) is 0 Å². The molecule has 1 N–H and O–H groups in total. The SMILES string of the molecule is COc1ccc(/C(O)=C2\C(=O)C(=O)N(Cc3cccnc3)C2c2ccc(C)cc2)c(C)c1. The zero-order valence-corrected chi connectivity index (χ0v) is 18.2. The molecule has 1 aliphatic rings. The Hall–Kier alpha value is -3.93. The molecule has 3 aromatic rings. The van der Waals surface area contributed by atoms with Crippen LogP contribution in [0, 0.1) is 13.8 Å². The van der Waals surface area contributed by atoms with Crippen molar-refractivity contribution in [1.29, 1.82) is 0 Å². The molecule has 0 aliphatic carbocycles. The van der Waals surface area contributed by atoms with E-state index in [-0.39, 0.29) is 17.9 Å². The number of carbonyl (C=O) groups excluding carboxylic acids is 2. The predicted octanol–water partition coefficient (Wildman–Crippen LogP) is 4.33. The summed E-state index contributed by atoms with van der Waals surface area (Å²) in [5.41, 5.74) is 3.92. The van der Waals surface area contributed by atoms with E-state index in [0.717, 1.165) is 22.3 Å². The molecule has 1 aromatic heterocycles. The number of methoxy groups -OCH3 is 1. The minimum absolute atomic E-state index is 0.0796. The Balaban J connectivity index is 1.87. The Kier molecular flexibility index (Phi) is 5.77. The fraction of sp³-hybridized carbons (Fsp3) is 0.192. The van der Waals surface area contributed by atoms with Crippen LogP contribution in [-0.2, 0) is 16.1 Å². The van der Waals surface area contributed by atoms with Crippen molar-refractivity contribution in [3.63, 3.8) is 0 Å². The minimum atomic E-state index is -0.711. The van der Waals surface area contributed by atoms with Crippen LogP contribution < -0.4 is 4.74 Å². The first-order valence-corrected chi connectivity index (χ1v) is 10.3. The summed E-state index contributed by atoms with van der Waals surface area (Å²) >= 11 is 0. The molecule has 2 heterocycles. The summed E-state index contributed by atoms with van der Waals surface area (Å²) in [7, 11) is 1.57. The second-order valence-corrected chi connectivity index (χ2v) is 7.88. The van der Waals surface area contributed by atoms with Gasteiger partial charge in [0, 0.05) is 24.5 Å². The number of nitrogens with zero attached hydrogens (tertiary/aromatic N) is 2. The lowest BCUT2D eigenvalue weighted by atomic mass is 9.93. The summed E-state index contributed by atoms with van der Waals surface area (Å²) in [5.74, 6) is -0.895. The van der Waals surface area contributed by atoms with E-state index in [4.69, 9.17) is 4.74 Å². The monoisotopic (exact) mass is 428 g/mol. The summed E-state index contributed by atoms with van der Waals surface area (Å²) in [5, 5.41) is 11.2. The van der Waals surface area contributed by atoms with Crippen LogP contribution in [0.1, 0.15) is 33.9 Å². The average Bonchev–Trinajstić information content (AvgIpc) is 3.04. The number of ether oxygens (including phenoxy) is 1. The number of carbonyl (C=O) groups is 2. The highest BCUT2D eigenvalue weighted by atomic mass is 16.5. The number of Topliss-reactive ketones (excluding diaryl/α,β-unsaturated/α-hetero) is 1. The van der Waals surface area contributed by atoms with Gasteiger partial charge in [-0.2, -0.15) is 0 Å². The van der Waals surface area contributed by atoms with Gasteiger partial charge in [-0.15, -0.1) is 0 Å². The number of amides is 1. The van der Waals surface area contributed by atoms with Gasteiger partial charge in [0.25, 0.3) is 11.7 Å². The van der Waals surface area contributed by atoms with Crippen LogP contribution in [0.5, 0.6) is 5.75 Å². The van der Waals surface area contributed by atoms with Gasteiger partial charge in [0.2, 0.25) is 0 Å². The maximum Gasteiger partial charge on any atom is 0.295 e. The molecule has 162 valence electrons. The fourth-order valence-electron chi connectivity index (χ4n) is 4.00. The van der Waals surface area contributed by atoms with Crippen molar-refractivity contribution in [2.45, 2.75) is 26.4 Å². The predicted molar refractivity (Wildman–Crippen MR) is 121 cm³/mol. The molecule has 1 fully saturated rings. The molecule has 1 aliphatic heterocycles. The van der Waals surface area contributed by atoms with Crippen molar-refractivity contribution < 1.29 is 19.4 Å². The van der Waals surface area contributed by atoms with Crippen LogP contribution in [-0.4, -0.2) is 33.8 Å². The second-order valence-electron chi connectivity index (χ2n) is 7.88. The lowest BCUT2D eigenvalue weighted by Crippen LogP contribution is -2.29. The Morgan fingerprint density at radius 2 is 1.84 bits per heavy atom. The van der Waals surface area contributed by atoms with Crippen molar-refractivity contribution in [2.24, 2.45) is 0 Å². The number of pyridine rings is 1. The molecule has 6 nitrogen and oxygen atoms in total. The lowest BCUT2D eigenvalue weighted by molar-refractivity contribution is -0.140. The maximum atomic E-state index is 13.2. The second kappa shape index (κ2) is 8.67. The van der Waals surface area contributed by atoms with E-state index in [0.29, 0.717) is 11.3 Å². The number of hydrogen-bond donors (Lipinski definition) is 1. The summed E-state index contributed by atoms with van der Waals surface area (Å²) in [6.07, 6.45) is 3.32. The molecule has 2 aromatic carbocycles. The molecule has 32 heavy (non-hydrogen) atoms. The summed E-state index contributed by atoms with van der Waals surface area (Å²) in [6, 6.07) is 15.8. The molecule has 1 saturated heterocycles. The normalized spacial score (nSPS) is 17.6. The Morgan fingerprint density at radius 1 is 1.09 bits per heavy atom. The molecule has 1 atom stereocenters. The van der Waals surface area contributed by atoms with Gasteiger partial charge in [-0.1, -0.05) is 35.9 Å². The van der Waals surface area contributed by atoms with Crippen molar-refractivity contribution in [3.05, 3.63) is 100 Å². The van der Waals surface area contributed by atoms with Gasteiger partial charge in [0.05, 0.1) is 18.7 Å². The number of hydrogen-bond acceptors (Lipinski definition) is 5. The average molecular weight is 428 g/mol. The van der Waals surface area contributed by atoms with E-state index >= 15 is 0 Å². The van der Waals surface area contributed by atoms with Gasteiger partial charge >= 0.3 is 0 Å². The van der Waals surface area contributed by atoms with Gasteiger partial charge in [0.15, 0.2) is 0 Å². The molecule has 1 unspecified atom stereocenters. The van der Waals surface area contributed by atoms with Crippen molar-refractivity contribution in [3.8, 4) is 5.75 Å². The van der Waals surface area contributed by atoms with E-state index in [2.05, 4.69) is 4.98 Å². The van der Waals surface area contributed by atoms with Crippen LogP contribution in [0.25, 0.3) is 5.76 Å². The summed E-state index contributed by atoms with van der Waals surface area (Å²) < 4.78 is 5.25. The molecule has 0 saturated carbocycles. The maximum absolute atomic E-state index is 13.2. The molecule has 4 rings (SSSR count). The van der Waals surface area contributed by atoms with E-state index < -0.39 is 17.7 Å². The van der Waals surface area contributed by atoms with Crippen LogP contribution >= 0.6 is 0 Å². The Bertz CT molecular complexity index is 1200. The molecule has 6 heteroatoms. The largest absolute Gasteiger partial charge is 0.507 e. The fourth-order valence-corrected chi connectivity index (χ4v) is 4.00. The first kappa shape index (κ1) is 21.3. The van der Waals surface area contributed by atoms with Crippen molar-refractivity contribution >= 4 is 17.4 Å². The van der Waals surface area contributed by atoms with Gasteiger partial charge in [-0.05, 0) is 54.8 Å². The van der Waals surface area contributed by atoms with Crippen molar-refractivity contribution in [2.75, 3.05) is 7.11 Å². The summed E-state index contributed by atoms with van der Waals surface area (Å²) in [4.78, 5) is 31.8. The third-order valence-electron chi connectivity index (χ3n) is 5.70. The number of benzene rings is 2. The van der Waals surface area contributed by atoms with Gasteiger partial charge in [-0.25, -0.2) is 0 Å². The van der Waals surface area contributed by atoms with Crippen LogP contribution in [0.4, 0.5) is 0 Å². The van der Waals surface area contributed by atoms with Crippen LogP contribution in [0.2, 0.25) is 0 Å². The summed E-state index contributed by atoms with van der Waals surface area (Å²) in [6.45, 7) is 4.00. The Morgan fingerprint density at radius 3 is 2.47 bits per heavy atom. The number of rotatable bonds is 5. The standard InChI is InChI=1S/C26H24N2O4/c1-16-6-8-19(9-7-16)23-22(24(29)21-11-10-20(32-3)13-17(21)2)25(30)26(31)28(23)15-18-5-4-12-27-14-18/h4-14,23,29H,15H2,1-3H3/b24-22+. The number of aromatic nitrogens is 1. The van der Waals surface area contributed by atoms with E-state index in [1.165, 1.54) is 4.90 Å². The first-order chi connectivity index (χ1) is 15.4. The number of ketones is 1.